The van der Waals surface area contributed by atoms with Crippen LogP contribution in [0.25, 0.3) is 0 Å². The van der Waals surface area contributed by atoms with E-state index in [1.165, 1.54) is 0 Å². The topological polar surface area (TPSA) is 32.7 Å². The molecular weight excluding hydrogens is 214 g/mol. The summed E-state index contributed by atoms with van der Waals surface area (Å²) in [5.74, 6) is 0.608. The summed E-state index contributed by atoms with van der Waals surface area (Å²) >= 11 is 5.90. The fourth-order valence-electron chi connectivity index (χ4n) is 1.22. The number of nitrogens with zero attached hydrogens (tertiary/aromatic N) is 1. The zero-order valence-corrected chi connectivity index (χ0v) is 9.74. The van der Waals surface area contributed by atoms with Crippen LogP contribution in [0.5, 0.6) is 5.75 Å². The van der Waals surface area contributed by atoms with E-state index in [0.29, 0.717) is 17.3 Å². The SMILES string of the molecule is CN(C)CC(O)COc1ccccc1Cl. The summed E-state index contributed by atoms with van der Waals surface area (Å²) in [4.78, 5) is 1.90. The summed E-state index contributed by atoms with van der Waals surface area (Å²) in [5, 5.41) is 10.1. The van der Waals surface area contributed by atoms with E-state index in [1.54, 1.807) is 12.1 Å². The molecule has 1 unspecified atom stereocenters. The highest BCUT2D eigenvalue weighted by molar-refractivity contribution is 6.32. The smallest absolute Gasteiger partial charge is 0.138 e. The van der Waals surface area contributed by atoms with Gasteiger partial charge in [0.2, 0.25) is 0 Å². The minimum Gasteiger partial charge on any atom is -0.489 e. The Bertz CT molecular complexity index is 304. The molecule has 0 spiro atoms. The molecule has 0 fully saturated rings. The number of aliphatic hydroxyl groups excluding tert-OH is 1. The van der Waals surface area contributed by atoms with Gasteiger partial charge in [-0.05, 0) is 26.2 Å². The third-order valence-corrected chi connectivity index (χ3v) is 2.16. The van der Waals surface area contributed by atoms with Gasteiger partial charge < -0.3 is 14.7 Å². The maximum absolute atomic E-state index is 9.56. The minimum atomic E-state index is -0.503. The fourth-order valence-corrected chi connectivity index (χ4v) is 1.41. The Morgan fingerprint density at radius 2 is 2.07 bits per heavy atom. The van der Waals surface area contributed by atoms with Crippen LogP contribution >= 0.6 is 11.6 Å². The van der Waals surface area contributed by atoms with Gasteiger partial charge >= 0.3 is 0 Å². The first-order valence-corrected chi connectivity index (χ1v) is 5.17. The van der Waals surface area contributed by atoms with Crippen molar-refractivity contribution < 1.29 is 9.84 Å². The van der Waals surface area contributed by atoms with Crippen molar-refractivity contribution in [2.45, 2.75) is 6.10 Å². The molecule has 0 saturated carbocycles. The van der Waals surface area contributed by atoms with Crippen molar-refractivity contribution in [3.63, 3.8) is 0 Å². The Morgan fingerprint density at radius 3 is 2.67 bits per heavy atom. The van der Waals surface area contributed by atoms with Crippen LogP contribution in [0.3, 0.4) is 0 Å². The predicted molar refractivity (Wildman–Crippen MR) is 61.5 cm³/mol. The number of aliphatic hydroxyl groups is 1. The van der Waals surface area contributed by atoms with Gasteiger partial charge in [-0.1, -0.05) is 23.7 Å². The number of rotatable bonds is 5. The van der Waals surface area contributed by atoms with Gasteiger partial charge in [-0.2, -0.15) is 0 Å². The predicted octanol–water partition coefficient (Wildman–Crippen LogP) is 1.64. The van der Waals surface area contributed by atoms with Gasteiger partial charge in [-0.3, -0.25) is 0 Å². The fraction of sp³-hybridized carbons (Fsp3) is 0.455. The second-order valence-corrected chi connectivity index (χ2v) is 4.06. The number of para-hydroxylation sites is 1. The lowest BCUT2D eigenvalue weighted by Gasteiger charge is -2.16. The van der Waals surface area contributed by atoms with Crippen molar-refractivity contribution in [3.05, 3.63) is 29.3 Å². The molecule has 4 heteroatoms. The lowest BCUT2D eigenvalue weighted by Crippen LogP contribution is -2.30. The molecule has 1 atom stereocenters. The van der Waals surface area contributed by atoms with Crippen molar-refractivity contribution in [1.82, 2.24) is 4.90 Å². The molecular formula is C11H16ClNO2. The van der Waals surface area contributed by atoms with E-state index in [0.717, 1.165) is 0 Å². The molecule has 3 nitrogen and oxygen atoms in total. The zero-order valence-electron chi connectivity index (χ0n) is 8.98. The minimum absolute atomic E-state index is 0.252. The van der Waals surface area contributed by atoms with Gasteiger partial charge in [0.1, 0.15) is 18.5 Å². The Morgan fingerprint density at radius 1 is 1.40 bits per heavy atom. The Kier molecular flexibility index (Phi) is 4.88. The molecule has 1 N–H and O–H groups in total. The number of hydrogen-bond donors (Lipinski definition) is 1. The Labute approximate surface area is 95.2 Å². The van der Waals surface area contributed by atoms with Crippen molar-refractivity contribution in [1.29, 1.82) is 0 Å². The van der Waals surface area contributed by atoms with Crippen LogP contribution in [0.15, 0.2) is 24.3 Å². The molecule has 0 bridgehead atoms. The van der Waals surface area contributed by atoms with E-state index >= 15 is 0 Å². The third-order valence-electron chi connectivity index (χ3n) is 1.84. The van der Waals surface area contributed by atoms with E-state index in [1.807, 2.05) is 31.1 Å². The maximum atomic E-state index is 9.56. The van der Waals surface area contributed by atoms with Crippen LogP contribution in [-0.4, -0.2) is 43.4 Å². The molecule has 0 radical (unpaired) electrons. The highest BCUT2D eigenvalue weighted by atomic mass is 35.5. The number of likely N-dealkylation sites (N-methyl/N-ethyl adjacent to an activating group) is 1. The second-order valence-electron chi connectivity index (χ2n) is 3.66. The lowest BCUT2D eigenvalue weighted by atomic mass is 10.3. The first kappa shape index (κ1) is 12.3. The van der Waals surface area contributed by atoms with Crippen LogP contribution in [0.4, 0.5) is 0 Å². The highest BCUT2D eigenvalue weighted by Crippen LogP contribution is 2.22. The van der Waals surface area contributed by atoms with E-state index in [4.69, 9.17) is 16.3 Å². The summed E-state index contributed by atoms with van der Waals surface area (Å²) in [7, 11) is 3.80. The first-order chi connectivity index (χ1) is 7.09. The Hall–Kier alpha value is -0.770. The summed E-state index contributed by atoms with van der Waals surface area (Å²) in [6.07, 6.45) is -0.503. The number of halogens is 1. The van der Waals surface area contributed by atoms with Crippen LogP contribution in [-0.2, 0) is 0 Å². The van der Waals surface area contributed by atoms with Gasteiger partial charge in [0.25, 0.3) is 0 Å². The number of hydrogen-bond acceptors (Lipinski definition) is 3. The van der Waals surface area contributed by atoms with Gasteiger partial charge in [0.15, 0.2) is 0 Å². The summed E-state index contributed by atoms with van der Waals surface area (Å²) in [6, 6.07) is 7.23. The zero-order chi connectivity index (χ0) is 11.3. The van der Waals surface area contributed by atoms with Crippen LogP contribution < -0.4 is 4.74 Å². The van der Waals surface area contributed by atoms with E-state index in [9.17, 15) is 5.11 Å². The molecule has 84 valence electrons. The molecule has 0 aromatic heterocycles. The normalized spacial score (nSPS) is 12.9. The summed E-state index contributed by atoms with van der Waals surface area (Å²) in [6.45, 7) is 0.826. The molecule has 1 rings (SSSR count). The van der Waals surface area contributed by atoms with Crippen molar-refractivity contribution in [2.24, 2.45) is 0 Å². The monoisotopic (exact) mass is 229 g/mol. The van der Waals surface area contributed by atoms with E-state index in [2.05, 4.69) is 0 Å². The molecule has 0 heterocycles. The highest BCUT2D eigenvalue weighted by Gasteiger charge is 2.07. The van der Waals surface area contributed by atoms with Gasteiger partial charge in [0.05, 0.1) is 5.02 Å². The average molecular weight is 230 g/mol. The third kappa shape index (κ3) is 4.51. The van der Waals surface area contributed by atoms with Crippen LogP contribution in [0.2, 0.25) is 5.02 Å². The Balaban J connectivity index is 2.40. The first-order valence-electron chi connectivity index (χ1n) is 4.79. The van der Waals surface area contributed by atoms with Gasteiger partial charge in [-0.25, -0.2) is 0 Å². The quantitative estimate of drug-likeness (QED) is 0.833. The van der Waals surface area contributed by atoms with E-state index < -0.39 is 6.10 Å². The van der Waals surface area contributed by atoms with Crippen LogP contribution in [0, 0.1) is 0 Å². The summed E-state index contributed by atoms with van der Waals surface area (Å²) < 4.78 is 5.39. The van der Waals surface area contributed by atoms with Crippen molar-refractivity contribution >= 4 is 11.6 Å². The molecule has 0 saturated heterocycles. The number of benzene rings is 1. The van der Waals surface area contributed by atoms with E-state index in [-0.39, 0.29) is 6.61 Å². The second kappa shape index (κ2) is 5.95. The van der Waals surface area contributed by atoms with Crippen LogP contribution in [0.1, 0.15) is 0 Å². The molecule has 1 aromatic carbocycles. The van der Waals surface area contributed by atoms with Gasteiger partial charge in [-0.15, -0.1) is 0 Å². The molecule has 0 amide bonds. The molecule has 1 aromatic rings. The molecule has 15 heavy (non-hydrogen) atoms. The van der Waals surface area contributed by atoms with Crippen molar-refractivity contribution in [3.8, 4) is 5.75 Å². The largest absolute Gasteiger partial charge is 0.489 e. The van der Waals surface area contributed by atoms with Gasteiger partial charge in [0, 0.05) is 6.54 Å². The summed E-state index contributed by atoms with van der Waals surface area (Å²) in [5.41, 5.74) is 0. The lowest BCUT2D eigenvalue weighted by molar-refractivity contribution is 0.0831. The number of ether oxygens (including phenoxy) is 1. The molecule has 0 aliphatic rings. The van der Waals surface area contributed by atoms with Crippen molar-refractivity contribution in [2.75, 3.05) is 27.2 Å². The molecule has 0 aliphatic heterocycles. The average Bonchev–Trinajstić information content (AvgIpc) is 2.15. The maximum Gasteiger partial charge on any atom is 0.138 e. The standard InChI is InChI=1S/C11H16ClNO2/c1-13(2)7-9(14)8-15-11-6-4-3-5-10(11)12/h3-6,9,14H,7-8H2,1-2H3. The molecule has 0 aliphatic carbocycles.